The van der Waals surface area contributed by atoms with Crippen LogP contribution in [0.5, 0.6) is 0 Å². The summed E-state index contributed by atoms with van der Waals surface area (Å²) in [6, 6.07) is 10.7. The van der Waals surface area contributed by atoms with Gasteiger partial charge in [0, 0.05) is 44.2 Å². The highest BCUT2D eigenvalue weighted by Crippen LogP contribution is 2.26. The lowest BCUT2D eigenvalue weighted by molar-refractivity contribution is 0.273. The second-order valence-corrected chi connectivity index (χ2v) is 7.49. The fraction of sp³-hybridized carbons (Fsp3) is 0.400. The minimum absolute atomic E-state index is 0. The zero-order valence-electron chi connectivity index (χ0n) is 12.4. The van der Waals surface area contributed by atoms with Gasteiger partial charge in [-0.05, 0) is 12.1 Å². The summed E-state index contributed by atoms with van der Waals surface area (Å²) in [5.74, 6) is 1.10. The van der Waals surface area contributed by atoms with Crippen molar-refractivity contribution in [3.05, 3.63) is 36.5 Å². The number of rotatable bonds is 5. The number of halogens is 1. The molecule has 1 fully saturated rings. The molecule has 22 heavy (non-hydrogen) atoms. The Hall–Kier alpha value is -0.950. The second kappa shape index (κ2) is 8.62. The first-order chi connectivity index (χ1) is 10.3. The van der Waals surface area contributed by atoms with E-state index in [4.69, 9.17) is 5.73 Å². The van der Waals surface area contributed by atoms with Crippen LogP contribution in [-0.2, 0) is 0 Å². The average Bonchev–Trinajstić information content (AvgIpc) is 2.94. The molecule has 2 N–H and O–H groups in total. The molecule has 0 unspecified atom stereocenters. The number of benzene rings is 1. The maximum atomic E-state index is 5.64. The number of nitrogens with two attached hydrogens (primary N) is 1. The maximum Gasteiger partial charge on any atom is 0.181 e. The smallest absolute Gasteiger partial charge is 0.181 e. The number of para-hydroxylation sites is 1. The van der Waals surface area contributed by atoms with Gasteiger partial charge >= 0.3 is 0 Å². The van der Waals surface area contributed by atoms with Gasteiger partial charge in [0.25, 0.3) is 0 Å². The molecule has 0 amide bonds. The summed E-state index contributed by atoms with van der Waals surface area (Å²) in [6.45, 7) is 5.63. The van der Waals surface area contributed by atoms with Crippen LogP contribution in [0.3, 0.4) is 0 Å². The maximum absolute atomic E-state index is 5.64. The molecule has 7 heteroatoms. The average molecular weight is 357 g/mol. The second-order valence-electron chi connectivity index (χ2n) is 5.03. The lowest BCUT2D eigenvalue weighted by atomic mass is 10.2. The minimum atomic E-state index is 0. The van der Waals surface area contributed by atoms with E-state index in [1.54, 1.807) is 11.3 Å². The summed E-state index contributed by atoms with van der Waals surface area (Å²) in [5, 5.41) is 0.661. The molecule has 4 nitrogen and oxygen atoms in total. The van der Waals surface area contributed by atoms with E-state index in [2.05, 4.69) is 45.1 Å². The third kappa shape index (κ3) is 4.78. The number of nitrogen functional groups attached to an aromatic ring is 1. The van der Waals surface area contributed by atoms with E-state index in [9.17, 15) is 0 Å². The molecular weight excluding hydrogens is 336 g/mol. The van der Waals surface area contributed by atoms with E-state index in [1.807, 2.05) is 18.0 Å². The monoisotopic (exact) mass is 356 g/mol. The number of thioether (sulfide) groups is 1. The van der Waals surface area contributed by atoms with E-state index >= 15 is 0 Å². The molecule has 1 aliphatic rings. The summed E-state index contributed by atoms with van der Waals surface area (Å²) in [6.07, 6.45) is 1.87. The lowest BCUT2D eigenvalue weighted by Crippen LogP contribution is -2.47. The number of hydrogen-bond donors (Lipinski definition) is 1. The number of thiazole rings is 1. The highest BCUT2D eigenvalue weighted by atomic mass is 35.5. The van der Waals surface area contributed by atoms with Crippen LogP contribution in [0.2, 0.25) is 0 Å². The SMILES string of the molecule is Cl.Nc1ncc(SCCN2CCN(c3ccccc3)CC2)s1. The van der Waals surface area contributed by atoms with Gasteiger partial charge in [0.05, 0.1) is 10.4 Å². The molecule has 120 valence electrons. The zero-order valence-corrected chi connectivity index (χ0v) is 14.8. The Morgan fingerprint density at radius 2 is 1.86 bits per heavy atom. The molecule has 2 heterocycles. The predicted octanol–water partition coefficient (Wildman–Crippen LogP) is 3.06. The van der Waals surface area contributed by atoms with Crippen LogP contribution in [0.4, 0.5) is 10.8 Å². The Morgan fingerprint density at radius 1 is 1.14 bits per heavy atom. The van der Waals surface area contributed by atoms with Crippen LogP contribution in [0.1, 0.15) is 0 Å². The lowest BCUT2D eigenvalue weighted by Gasteiger charge is -2.36. The van der Waals surface area contributed by atoms with Gasteiger partial charge in [0.15, 0.2) is 5.13 Å². The van der Waals surface area contributed by atoms with Crippen LogP contribution in [0, 0.1) is 0 Å². The Balaban J connectivity index is 0.00000176. The molecule has 0 saturated carbocycles. The third-order valence-corrected chi connectivity index (χ3v) is 5.65. The fourth-order valence-electron chi connectivity index (χ4n) is 2.48. The van der Waals surface area contributed by atoms with Crippen molar-refractivity contribution in [2.24, 2.45) is 0 Å². The summed E-state index contributed by atoms with van der Waals surface area (Å²) in [7, 11) is 0. The summed E-state index contributed by atoms with van der Waals surface area (Å²) >= 11 is 3.43. The van der Waals surface area contributed by atoms with Gasteiger partial charge in [-0.3, -0.25) is 4.90 Å². The van der Waals surface area contributed by atoms with E-state index < -0.39 is 0 Å². The molecular formula is C15H21ClN4S2. The Kier molecular flexibility index (Phi) is 6.82. The molecule has 0 bridgehead atoms. The minimum Gasteiger partial charge on any atom is -0.375 e. The third-order valence-electron chi connectivity index (χ3n) is 3.65. The van der Waals surface area contributed by atoms with Crippen molar-refractivity contribution in [3.8, 4) is 0 Å². The number of hydrogen-bond acceptors (Lipinski definition) is 6. The summed E-state index contributed by atoms with van der Waals surface area (Å²) in [5.41, 5.74) is 6.98. The first-order valence-electron chi connectivity index (χ1n) is 7.18. The number of nitrogens with zero attached hydrogens (tertiary/aromatic N) is 3. The van der Waals surface area contributed by atoms with E-state index in [-0.39, 0.29) is 12.4 Å². The summed E-state index contributed by atoms with van der Waals surface area (Å²) in [4.78, 5) is 9.09. The quantitative estimate of drug-likeness (QED) is 0.834. The number of piperazine rings is 1. The highest BCUT2D eigenvalue weighted by molar-refractivity contribution is 8.01. The molecule has 2 aromatic rings. The van der Waals surface area contributed by atoms with Crippen LogP contribution in [-0.4, -0.2) is 48.4 Å². The van der Waals surface area contributed by atoms with Gasteiger partial charge in [0.2, 0.25) is 0 Å². The van der Waals surface area contributed by atoms with Crippen molar-refractivity contribution in [2.45, 2.75) is 4.21 Å². The predicted molar refractivity (Wildman–Crippen MR) is 99.6 cm³/mol. The van der Waals surface area contributed by atoms with Gasteiger partial charge in [-0.2, -0.15) is 0 Å². The van der Waals surface area contributed by atoms with Gasteiger partial charge < -0.3 is 10.6 Å². The molecule has 0 radical (unpaired) electrons. The van der Waals surface area contributed by atoms with Crippen molar-refractivity contribution in [2.75, 3.05) is 49.1 Å². The van der Waals surface area contributed by atoms with Gasteiger partial charge in [0.1, 0.15) is 0 Å². The molecule has 0 atom stereocenters. The Labute approximate surface area is 146 Å². The zero-order chi connectivity index (χ0) is 14.5. The van der Waals surface area contributed by atoms with Crippen molar-refractivity contribution < 1.29 is 0 Å². The molecule has 1 aromatic carbocycles. The molecule has 1 saturated heterocycles. The van der Waals surface area contributed by atoms with Crippen molar-refractivity contribution in [1.82, 2.24) is 9.88 Å². The number of aromatic nitrogens is 1. The topological polar surface area (TPSA) is 45.4 Å². The Morgan fingerprint density at radius 3 is 2.50 bits per heavy atom. The van der Waals surface area contributed by atoms with Crippen molar-refractivity contribution >= 4 is 46.3 Å². The van der Waals surface area contributed by atoms with Crippen molar-refractivity contribution in [1.29, 1.82) is 0 Å². The van der Waals surface area contributed by atoms with E-state index in [0.29, 0.717) is 5.13 Å². The first-order valence-corrected chi connectivity index (χ1v) is 8.98. The highest BCUT2D eigenvalue weighted by Gasteiger charge is 2.16. The molecule has 0 aliphatic carbocycles. The molecule has 3 rings (SSSR count). The first kappa shape index (κ1) is 17.4. The van der Waals surface area contributed by atoms with Crippen molar-refractivity contribution in [3.63, 3.8) is 0 Å². The van der Waals surface area contributed by atoms with Gasteiger partial charge in [-0.1, -0.05) is 29.5 Å². The van der Waals surface area contributed by atoms with Crippen LogP contribution < -0.4 is 10.6 Å². The Bertz CT molecular complexity index is 556. The van der Waals surface area contributed by atoms with Crippen LogP contribution in [0.15, 0.2) is 40.7 Å². The van der Waals surface area contributed by atoms with Gasteiger partial charge in [-0.15, -0.1) is 24.2 Å². The molecule has 1 aliphatic heterocycles. The van der Waals surface area contributed by atoms with Crippen LogP contribution in [0.25, 0.3) is 0 Å². The standard InChI is InChI=1S/C15H20N4S2.ClH/c16-15-17-12-14(21-15)20-11-10-18-6-8-19(9-7-18)13-4-2-1-3-5-13;/h1-5,12H,6-11H2,(H2,16,17);1H. The normalized spacial score (nSPS) is 15.5. The van der Waals surface area contributed by atoms with Gasteiger partial charge in [-0.25, -0.2) is 4.98 Å². The van der Waals surface area contributed by atoms with E-state index in [0.717, 1.165) is 38.5 Å². The fourth-order valence-corrected chi connectivity index (χ4v) is 4.32. The summed E-state index contributed by atoms with van der Waals surface area (Å²) < 4.78 is 1.22. The largest absolute Gasteiger partial charge is 0.375 e. The molecule has 0 spiro atoms. The number of anilines is 2. The van der Waals surface area contributed by atoms with E-state index in [1.165, 1.54) is 9.90 Å². The van der Waals surface area contributed by atoms with Crippen LogP contribution >= 0.6 is 35.5 Å². The molecule has 1 aromatic heterocycles.